The smallest absolute Gasteiger partial charge is 0.0309 e. The van der Waals surface area contributed by atoms with E-state index in [9.17, 15) is 0 Å². The summed E-state index contributed by atoms with van der Waals surface area (Å²) in [6.07, 6.45) is 1.09. The van der Waals surface area contributed by atoms with Crippen molar-refractivity contribution in [2.45, 2.75) is 66.5 Å². The third-order valence-electron chi connectivity index (χ3n) is 4.93. The molecule has 0 aliphatic rings. The second-order valence-corrected chi connectivity index (χ2v) is 6.51. The molecule has 0 aliphatic carbocycles. The Bertz CT molecular complexity index is 413. The van der Waals surface area contributed by atoms with Crippen molar-refractivity contribution in [1.29, 1.82) is 0 Å². The molecule has 1 atom stereocenters. The first-order valence-corrected chi connectivity index (χ1v) is 8.41. The van der Waals surface area contributed by atoms with Crippen LogP contribution in [0.15, 0.2) is 18.2 Å². The van der Waals surface area contributed by atoms with E-state index in [-0.39, 0.29) is 5.54 Å². The molecule has 1 unspecified atom stereocenters. The van der Waals surface area contributed by atoms with Gasteiger partial charge in [0.25, 0.3) is 0 Å². The second-order valence-electron chi connectivity index (χ2n) is 6.51. The molecule has 120 valence electrons. The minimum absolute atomic E-state index is 0.147. The standard InChI is InChI=1S/C19H34N2/c1-8-20-18(19(6,7)21(9-2)10-3)14-17-15(4)12-11-13-16(17)5/h11-13,18,20H,8-10,14H2,1-7H3. The molecule has 1 N–H and O–H groups in total. The Hall–Kier alpha value is -0.860. The minimum atomic E-state index is 0.147. The SMILES string of the molecule is CCNC(Cc1c(C)cccc1C)C(C)(C)N(CC)CC. The second kappa shape index (κ2) is 7.95. The van der Waals surface area contributed by atoms with Gasteiger partial charge in [0.05, 0.1) is 0 Å². The topological polar surface area (TPSA) is 15.3 Å². The van der Waals surface area contributed by atoms with Crippen LogP contribution in [-0.4, -0.2) is 36.1 Å². The first kappa shape index (κ1) is 18.2. The number of nitrogens with zero attached hydrogens (tertiary/aromatic N) is 1. The number of hydrogen-bond acceptors (Lipinski definition) is 2. The fraction of sp³-hybridized carbons (Fsp3) is 0.684. The van der Waals surface area contributed by atoms with Gasteiger partial charge in [-0.15, -0.1) is 0 Å². The lowest BCUT2D eigenvalue weighted by molar-refractivity contribution is 0.0917. The van der Waals surface area contributed by atoms with Gasteiger partial charge in [-0.1, -0.05) is 39.0 Å². The van der Waals surface area contributed by atoms with Crippen LogP contribution in [0.5, 0.6) is 0 Å². The van der Waals surface area contributed by atoms with Crippen LogP contribution < -0.4 is 5.32 Å². The van der Waals surface area contributed by atoms with Gasteiger partial charge >= 0.3 is 0 Å². The average molecular weight is 290 g/mol. The number of benzene rings is 1. The van der Waals surface area contributed by atoms with E-state index in [4.69, 9.17) is 0 Å². The summed E-state index contributed by atoms with van der Waals surface area (Å²) in [5.74, 6) is 0. The molecule has 0 spiro atoms. The molecular weight excluding hydrogens is 256 g/mol. The van der Waals surface area contributed by atoms with E-state index in [1.165, 1.54) is 16.7 Å². The molecule has 1 aromatic rings. The Balaban J connectivity index is 3.07. The van der Waals surface area contributed by atoms with Gasteiger partial charge in [-0.25, -0.2) is 0 Å². The number of nitrogens with one attached hydrogen (secondary N) is 1. The number of aryl methyl sites for hydroxylation is 2. The van der Waals surface area contributed by atoms with E-state index in [0.717, 1.165) is 26.1 Å². The van der Waals surface area contributed by atoms with Crippen LogP contribution in [0.3, 0.4) is 0 Å². The Kier molecular flexibility index (Phi) is 6.89. The van der Waals surface area contributed by atoms with Gasteiger partial charge in [0.1, 0.15) is 0 Å². The maximum atomic E-state index is 3.73. The fourth-order valence-corrected chi connectivity index (χ4v) is 3.45. The molecule has 1 rings (SSSR count). The Morgan fingerprint density at radius 2 is 1.57 bits per heavy atom. The van der Waals surface area contributed by atoms with Crippen molar-refractivity contribution in [3.63, 3.8) is 0 Å². The van der Waals surface area contributed by atoms with Crippen molar-refractivity contribution in [2.24, 2.45) is 0 Å². The van der Waals surface area contributed by atoms with Crippen LogP contribution in [-0.2, 0) is 6.42 Å². The molecule has 1 aromatic carbocycles. The van der Waals surface area contributed by atoms with Crippen molar-refractivity contribution >= 4 is 0 Å². The lowest BCUT2D eigenvalue weighted by Crippen LogP contribution is -2.58. The highest BCUT2D eigenvalue weighted by atomic mass is 15.2. The molecule has 0 saturated heterocycles. The summed E-state index contributed by atoms with van der Waals surface area (Å²) in [4.78, 5) is 2.56. The Morgan fingerprint density at radius 1 is 1.05 bits per heavy atom. The summed E-state index contributed by atoms with van der Waals surface area (Å²) in [7, 11) is 0. The third kappa shape index (κ3) is 4.31. The highest BCUT2D eigenvalue weighted by Gasteiger charge is 2.33. The summed E-state index contributed by atoms with van der Waals surface area (Å²) in [6.45, 7) is 19.1. The molecule has 2 nitrogen and oxygen atoms in total. The molecule has 0 heterocycles. The highest BCUT2D eigenvalue weighted by molar-refractivity contribution is 5.34. The maximum absolute atomic E-state index is 3.73. The van der Waals surface area contributed by atoms with Gasteiger partial charge in [-0.05, 0) is 70.4 Å². The largest absolute Gasteiger partial charge is 0.312 e. The van der Waals surface area contributed by atoms with Crippen molar-refractivity contribution in [3.05, 3.63) is 34.9 Å². The van der Waals surface area contributed by atoms with Gasteiger partial charge in [0.2, 0.25) is 0 Å². The zero-order valence-electron chi connectivity index (χ0n) is 15.1. The molecule has 0 radical (unpaired) electrons. The summed E-state index contributed by atoms with van der Waals surface area (Å²) in [5, 5.41) is 3.73. The predicted octanol–water partition coefficient (Wildman–Crippen LogP) is 3.94. The van der Waals surface area contributed by atoms with Crippen LogP contribution in [0.4, 0.5) is 0 Å². The summed E-state index contributed by atoms with van der Waals surface area (Å²) >= 11 is 0. The maximum Gasteiger partial charge on any atom is 0.0309 e. The van der Waals surface area contributed by atoms with E-state index in [2.05, 4.69) is 76.9 Å². The summed E-state index contributed by atoms with van der Waals surface area (Å²) in [5.41, 5.74) is 4.47. The zero-order chi connectivity index (χ0) is 16.0. The molecule has 0 bridgehead atoms. The van der Waals surface area contributed by atoms with E-state index in [0.29, 0.717) is 6.04 Å². The number of hydrogen-bond donors (Lipinski definition) is 1. The first-order chi connectivity index (χ1) is 9.88. The van der Waals surface area contributed by atoms with Crippen LogP contribution in [0, 0.1) is 13.8 Å². The van der Waals surface area contributed by atoms with Crippen LogP contribution in [0.25, 0.3) is 0 Å². The Morgan fingerprint density at radius 3 is 2.00 bits per heavy atom. The molecule has 0 aliphatic heterocycles. The monoisotopic (exact) mass is 290 g/mol. The summed E-state index contributed by atoms with van der Waals surface area (Å²) in [6, 6.07) is 7.08. The Labute approximate surface area is 131 Å². The van der Waals surface area contributed by atoms with Gasteiger partial charge < -0.3 is 5.32 Å². The van der Waals surface area contributed by atoms with E-state index in [1.54, 1.807) is 0 Å². The van der Waals surface area contributed by atoms with Gasteiger partial charge in [0.15, 0.2) is 0 Å². The van der Waals surface area contributed by atoms with Gasteiger partial charge in [-0.3, -0.25) is 4.90 Å². The molecular formula is C19H34N2. The zero-order valence-corrected chi connectivity index (χ0v) is 15.1. The number of likely N-dealkylation sites (N-methyl/N-ethyl adjacent to an activating group) is 2. The van der Waals surface area contributed by atoms with Crippen molar-refractivity contribution in [3.8, 4) is 0 Å². The third-order valence-corrected chi connectivity index (χ3v) is 4.93. The van der Waals surface area contributed by atoms with Crippen LogP contribution in [0.1, 0.15) is 51.3 Å². The van der Waals surface area contributed by atoms with Crippen molar-refractivity contribution in [2.75, 3.05) is 19.6 Å². The lowest BCUT2D eigenvalue weighted by atomic mass is 9.85. The normalized spacial score (nSPS) is 13.7. The van der Waals surface area contributed by atoms with Crippen molar-refractivity contribution in [1.82, 2.24) is 10.2 Å². The molecule has 0 saturated carbocycles. The molecule has 0 fully saturated rings. The predicted molar refractivity (Wildman–Crippen MR) is 94.1 cm³/mol. The van der Waals surface area contributed by atoms with E-state index in [1.807, 2.05) is 0 Å². The van der Waals surface area contributed by atoms with E-state index < -0.39 is 0 Å². The molecule has 0 aromatic heterocycles. The van der Waals surface area contributed by atoms with Gasteiger partial charge in [-0.2, -0.15) is 0 Å². The fourth-order valence-electron chi connectivity index (χ4n) is 3.45. The molecule has 0 amide bonds. The lowest BCUT2D eigenvalue weighted by Gasteiger charge is -2.44. The summed E-state index contributed by atoms with van der Waals surface area (Å²) < 4.78 is 0. The first-order valence-electron chi connectivity index (χ1n) is 8.41. The molecule has 21 heavy (non-hydrogen) atoms. The quantitative estimate of drug-likeness (QED) is 0.780. The van der Waals surface area contributed by atoms with Crippen LogP contribution >= 0.6 is 0 Å². The van der Waals surface area contributed by atoms with Gasteiger partial charge in [0, 0.05) is 11.6 Å². The van der Waals surface area contributed by atoms with Crippen molar-refractivity contribution < 1.29 is 0 Å². The number of rotatable bonds is 8. The van der Waals surface area contributed by atoms with Crippen LogP contribution in [0.2, 0.25) is 0 Å². The molecule has 2 heteroatoms. The average Bonchev–Trinajstić information content (AvgIpc) is 2.42. The highest BCUT2D eigenvalue weighted by Crippen LogP contribution is 2.24. The minimum Gasteiger partial charge on any atom is -0.312 e. The van der Waals surface area contributed by atoms with E-state index >= 15 is 0 Å².